The van der Waals surface area contributed by atoms with E-state index in [-0.39, 0.29) is 5.56 Å². The molecule has 0 saturated heterocycles. The fourth-order valence-electron chi connectivity index (χ4n) is 0.671. The smallest absolute Gasteiger partial charge is 0.0716 e. The fraction of sp³-hybridized carbons (Fsp3) is 0. The van der Waals surface area contributed by atoms with Gasteiger partial charge in [0.1, 0.15) is 0 Å². The number of carboxylic acid groups (broad SMARTS) is 1. The van der Waals surface area contributed by atoms with Gasteiger partial charge in [0, 0.05) is 10.2 Å². The first-order valence-electron chi connectivity index (χ1n) is 2.87. The second-order valence-corrected chi connectivity index (χ2v) is 2.88. The highest BCUT2D eigenvalue weighted by Crippen LogP contribution is 2.19. The van der Waals surface area contributed by atoms with Gasteiger partial charge in [-0.25, -0.2) is 0 Å². The number of carboxylic acids is 1. The van der Waals surface area contributed by atoms with Crippen molar-refractivity contribution in [3.63, 3.8) is 0 Å². The summed E-state index contributed by atoms with van der Waals surface area (Å²) in [6.45, 7) is 0. The molecule has 1 aromatic rings. The molecule has 3 nitrogen and oxygen atoms in total. The first-order valence-corrected chi connectivity index (χ1v) is 3.67. The summed E-state index contributed by atoms with van der Waals surface area (Å²) in [5.74, 6) is -1.22. The summed E-state index contributed by atoms with van der Waals surface area (Å²) in [5.41, 5.74) is 5.90. The molecule has 0 saturated carbocycles. The van der Waals surface area contributed by atoms with E-state index < -0.39 is 5.97 Å². The molecule has 0 unspecified atom stereocenters. The number of carbonyl (C=O) groups is 1. The number of nitrogen functional groups attached to an aromatic ring is 1. The van der Waals surface area contributed by atoms with Crippen LogP contribution in [-0.4, -0.2) is 5.97 Å². The highest BCUT2D eigenvalue weighted by Gasteiger charge is 1.97. The molecule has 0 aliphatic carbocycles. The van der Waals surface area contributed by atoms with Crippen molar-refractivity contribution in [3.8, 4) is 0 Å². The van der Waals surface area contributed by atoms with Crippen molar-refractivity contribution in [1.29, 1.82) is 0 Å². The van der Waals surface area contributed by atoms with Crippen molar-refractivity contribution < 1.29 is 9.90 Å². The van der Waals surface area contributed by atoms with Crippen LogP contribution in [0.1, 0.15) is 10.4 Å². The van der Waals surface area contributed by atoms with Gasteiger partial charge in [0.15, 0.2) is 0 Å². The Balaban J connectivity index is 3.15. The molecule has 0 amide bonds. The predicted octanol–water partition coefficient (Wildman–Crippen LogP) is 0.395. The lowest BCUT2D eigenvalue weighted by Crippen LogP contribution is -2.22. The van der Waals surface area contributed by atoms with Crippen molar-refractivity contribution in [3.05, 3.63) is 28.2 Å². The van der Waals surface area contributed by atoms with E-state index in [1.807, 2.05) is 0 Å². The summed E-state index contributed by atoms with van der Waals surface area (Å²) in [7, 11) is 0. The number of rotatable bonds is 1. The van der Waals surface area contributed by atoms with E-state index in [2.05, 4.69) is 15.9 Å². The number of aromatic carboxylic acids is 1. The third kappa shape index (κ3) is 1.71. The Morgan fingerprint density at radius 2 is 2.18 bits per heavy atom. The Labute approximate surface area is 72.0 Å². The lowest BCUT2D eigenvalue weighted by molar-refractivity contribution is -0.255. The zero-order chi connectivity index (χ0) is 8.43. The molecule has 58 valence electrons. The first kappa shape index (κ1) is 8.07. The number of benzene rings is 1. The molecule has 0 spiro atoms. The Hall–Kier alpha value is -1.03. The highest BCUT2D eigenvalue weighted by molar-refractivity contribution is 9.10. The summed E-state index contributed by atoms with van der Waals surface area (Å²) in [4.78, 5) is 10.3. The Morgan fingerprint density at radius 1 is 1.55 bits per heavy atom. The van der Waals surface area contributed by atoms with Gasteiger partial charge in [0.25, 0.3) is 0 Å². The zero-order valence-electron chi connectivity index (χ0n) is 5.50. The van der Waals surface area contributed by atoms with Gasteiger partial charge in [-0.1, -0.05) is 6.07 Å². The third-order valence-corrected chi connectivity index (χ3v) is 1.95. The average Bonchev–Trinajstić information content (AvgIpc) is 1.94. The maximum atomic E-state index is 10.3. The number of nitrogens with two attached hydrogens (primary N) is 1. The molecule has 11 heavy (non-hydrogen) atoms. The van der Waals surface area contributed by atoms with Gasteiger partial charge in [0.05, 0.1) is 5.97 Å². The van der Waals surface area contributed by atoms with Gasteiger partial charge in [-0.2, -0.15) is 0 Å². The molecule has 1 rings (SSSR count). The van der Waals surface area contributed by atoms with E-state index >= 15 is 0 Å². The zero-order valence-corrected chi connectivity index (χ0v) is 7.09. The average molecular weight is 215 g/mol. The van der Waals surface area contributed by atoms with Gasteiger partial charge in [-0.05, 0) is 33.6 Å². The van der Waals surface area contributed by atoms with E-state index in [4.69, 9.17) is 5.73 Å². The number of halogens is 1. The van der Waals surface area contributed by atoms with Crippen molar-refractivity contribution >= 4 is 27.6 Å². The van der Waals surface area contributed by atoms with Crippen LogP contribution in [0.4, 0.5) is 5.69 Å². The summed E-state index contributed by atoms with van der Waals surface area (Å²) >= 11 is 3.14. The number of anilines is 1. The number of carbonyl (C=O) groups excluding carboxylic acids is 1. The minimum atomic E-state index is -1.22. The molecule has 0 bridgehead atoms. The molecule has 0 radical (unpaired) electrons. The van der Waals surface area contributed by atoms with E-state index in [0.717, 1.165) is 0 Å². The highest BCUT2D eigenvalue weighted by atomic mass is 79.9. The monoisotopic (exact) mass is 214 g/mol. The van der Waals surface area contributed by atoms with E-state index in [0.29, 0.717) is 10.2 Å². The Kier molecular flexibility index (Phi) is 2.14. The van der Waals surface area contributed by atoms with E-state index in [9.17, 15) is 9.90 Å². The van der Waals surface area contributed by atoms with Crippen LogP contribution in [0.3, 0.4) is 0 Å². The van der Waals surface area contributed by atoms with Crippen LogP contribution in [0, 0.1) is 0 Å². The molecule has 0 heterocycles. The maximum Gasteiger partial charge on any atom is 0.0716 e. The molecule has 1 aromatic carbocycles. The molecule has 0 fully saturated rings. The van der Waals surface area contributed by atoms with Crippen molar-refractivity contribution in [2.45, 2.75) is 0 Å². The topological polar surface area (TPSA) is 66.2 Å². The summed E-state index contributed by atoms with van der Waals surface area (Å²) in [6, 6.07) is 4.34. The second kappa shape index (κ2) is 2.92. The van der Waals surface area contributed by atoms with Crippen molar-refractivity contribution in [2.75, 3.05) is 5.73 Å². The standard InChI is InChI=1S/C7H6BrNO2/c8-5-2-1-4(7(10)11)3-6(5)9/h1-3H,9H2,(H,10,11)/p-1. The van der Waals surface area contributed by atoms with Gasteiger partial charge in [0.2, 0.25) is 0 Å². The lowest BCUT2D eigenvalue weighted by atomic mass is 10.2. The maximum absolute atomic E-state index is 10.3. The number of hydrogen-bond donors (Lipinski definition) is 1. The van der Waals surface area contributed by atoms with E-state index in [1.165, 1.54) is 12.1 Å². The van der Waals surface area contributed by atoms with Crippen molar-refractivity contribution in [2.24, 2.45) is 0 Å². The molecule has 0 aliphatic rings. The lowest BCUT2D eigenvalue weighted by Gasteiger charge is -2.03. The molecule has 0 aliphatic heterocycles. The molecular weight excluding hydrogens is 210 g/mol. The second-order valence-electron chi connectivity index (χ2n) is 2.02. The first-order chi connectivity index (χ1) is 5.11. The summed E-state index contributed by atoms with van der Waals surface area (Å²) in [5, 5.41) is 10.3. The van der Waals surface area contributed by atoms with Gasteiger partial charge in [-0.15, -0.1) is 0 Å². The minimum absolute atomic E-state index is 0.0886. The predicted molar refractivity (Wildman–Crippen MR) is 42.9 cm³/mol. The molecule has 4 heteroatoms. The van der Waals surface area contributed by atoms with E-state index in [1.54, 1.807) is 6.07 Å². The van der Waals surface area contributed by atoms with Gasteiger partial charge in [-0.3, -0.25) is 0 Å². The Morgan fingerprint density at radius 3 is 2.64 bits per heavy atom. The SMILES string of the molecule is Nc1cc(C(=O)[O-])ccc1Br. The largest absolute Gasteiger partial charge is 0.545 e. The van der Waals surface area contributed by atoms with Gasteiger partial charge >= 0.3 is 0 Å². The molecule has 2 N–H and O–H groups in total. The fourth-order valence-corrected chi connectivity index (χ4v) is 0.917. The quantitative estimate of drug-likeness (QED) is 0.689. The normalized spacial score (nSPS) is 9.55. The Bertz CT molecular complexity index is 298. The van der Waals surface area contributed by atoms with Crippen LogP contribution in [0.5, 0.6) is 0 Å². The molecule has 0 atom stereocenters. The molecule has 0 aromatic heterocycles. The van der Waals surface area contributed by atoms with Crippen LogP contribution in [0.25, 0.3) is 0 Å². The van der Waals surface area contributed by atoms with Crippen LogP contribution in [0.15, 0.2) is 22.7 Å². The van der Waals surface area contributed by atoms with Crippen LogP contribution >= 0.6 is 15.9 Å². The minimum Gasteiger partial charge on any atom is -0.545 e. The number of hydrogen-bond acceptors (Lipinski definition) is 3. The third-order valence-electron chi connectivity index (χ3n) is 1.23. The van der Waals surface area contributed by atoms with Gasteiger partial charge < -0.3 is 15.6 Å². The summed E-state index contributed by atoms with van der Waals surface area (Å²) < 4.78 is 0.683. The molecular formula is C7H5BrNO2-. The van der Waals surface area contributed by atoms with Crippen molar-refractivity contribution in [1.82, 2.24) is 0 Å². The van der Waals surface area contributed by atoms with Crippen LogP contribution in [0.2, 0.25) is 0 Å². The van der Waals surface area contributed by atoms with Crippen LogP contribution in [-0.2, 0) is 0 Å². The van der Waals surface area contributed by atoms with Crippen LogP contribution < -0.4 is 10.8 Å². The summed E-state index contributed by atoms with van der Waals surface area (Å²) in [6.07, 6.45) is 0.